The molecule has 1 unspecified atom stereocenters. The van der Waals surface area contributed by atoms with E-state index in [1.54, 1.807) is 12.1 Å². The molecule has 1 aromatic carbocycles. The first-order valence-electron chi connectivity index (χ1n) is 5.39. The van der Waals surface area contributed by atoms with Gasteiger partial charge in [-0.05, 0) is 13.0 Å². The van der Waals surface area contributed by atoms with Gasteiger partial charge in [0.05, 0.1) is 24.9 Å². The average Bonchev–Trinajstić information content (AvgIpc) is 2.48. The number of rotatable bonds is 3. The predicted octanol–water partition coefficient (Wildman–Crippen LogP) is 0.0581. The number of aliphatic hydroxyl groups is 2. The lowest BCUT2D eigenvalue weighted by atomic mass is 10.2. The summed E-state index contributed by atoms with van der Waals surface area (Å²) in [4.78, 5) is 11.9. The Kier molecular flexibility index (Phi) is 3.21. The molecule has 5 heteroatoms. The zero-order valence-corrected chi connectivity index (χ0v) is 9.50. The maximum absolute atomic E-state index is 11.9. The van der Waals surface area contributed by atoms with Crippen molar-refractivity contribution in [1.82, 2.24) is 9.78 Å². The van der Waals surface area contributed by atoms with Crippen LogP contribution in [-0.2, 0) is 6.54 Å². The van der Waals surface area contributed by atoms with E-state index in [0.717, 1.165) is 11.1 Å². The third-order valence-electron chi connectivity index (χ3n) is 2.62. The Labute approximate surface area is 97.9 Å². The molecule has 0 aliphatic rings. The molecule has 0 aliphatic carbocycles. The fourth-order valence-corrected chi connectivity index (χ4v) is 1.82. The maximum atomic E-state index is 11.9. The highest BCUT2D eigenvalue weighted by atomic mass is 16.3. The Balaban J connectivity index is 2.66. The summed E-state index contributed by atoms with van der Waals surface area (Å²) in [5.74, 6) is 0. The molecule has 1 aromatic heterocycles. The van der Waals surface area contributed by atoms with E-state index in [2.05, 4.69) is 5.10 Å². The lowest BCUT2D eigenvalue weighted by molar-refractivity contribution is 0.0792. The van der Waals surface area contributed by atoms with E-state index in [9.17, 15) is 9.90 Å². The highest BCUT2D eigenvalue weighted by Crippen LogP contribution is 2.13. The molecule has 17 heavy (non-hydrogen) atoms. The van der Waals surface area contributed by atoms with Crippen molar-refractivity contribution in [2.45, 2.75) is 19.6 Å². The number of aliphatic hydroxyl groups excluding tert-OH is 2. The second-order valence-corrected chi connectivity index (χ2v) is 3.95. The number of hydrogen-bond donors (Lipinski definition) is 2. The van der Waals surface area contributed by atoms with Gasteiger partial charge >= 0.3 is 0 Å². The summed E-state index contributed by atoms with van der Waals surface area (Å²) >= 11 is 0. The van der Waals surface area contributed by atoms with E-state index in [1.807, 2.05) is 13.0 Å². The van der Waals surface area contributed by atoms with Gasteiger partial charge in [0.1, 0.15) is 5.52 Å². The van der Waals surface area contributed by atoms with Gasteiger partial charge in [-0.15, -0.1) is 0 Å². The topological polar surface area (TPSA) is 75.3 Å². The molecule has 2 N–H and O–H groups in total. The molecule has 0 bridgehead atoms. The smallest absolute Gasteiger partial charge is 0.204 e. The van der Waals surface area contributed by atoms with Gasteiger partial charge in [0.15, 0.2) is 0 Å². The number of fused-ring (bicyclic) bond motifs is 1. The van der Waals surface area contributed by atoms with Gasteiger partial charge < -0.3 is 10.2 Å². The summed E-state index contributed by atoms with van der Waals surface area (Å²) in [6.07, 6.45) is -0.914. The number of aryl methyl sites for hydroxylation is 1. The monoisotopic (exact) mass is 234 g/mol. The molecule has 0 saturated carbocycles. The third-order valence-corrected chi connectivity index (χ3v) is 2.62. The van der Waals surface area contributed by atoms with Crippen molar-refractivity contribution in [2.24, 2.45) is 0 Å². The summed E-state index contributed by atoms with van der Waals surface area (Å²) in [6, 6.07) is 6.74. The standard InChI is InChI=1S/C12H14N2O3/c1-8-10-4-2-3-5-11(17)12(10)14(13-8)6-9(16)7-15/h2-5,9,15-16H,6-7H2,1H3. The molecule has 2 aromatic rings. The lowest BCUT2D eigenvalue weighted by Gasteiger charge is -2.07. The minimum Gasteiger partial charge on any atom is -0.394 e. The lowest BCUT2D eigenvalue weighted by Crippen LogP contribution is -2.22. The maximum Gasteiger partial charge on any atom is 0.204 e. The van der Waals surface area contributed by atoms with Crippen molar-refractivity contribution in [3.8, 4) is 0 Å². The van der Waals surface area contributed by atoms with Crippen LogP contribution in [-0.4, -0.2) is 32.7 Å². The van der Waals surface area contributed by atoms with Crippen LogP contribution in [0.1, 0.15) is 5.69 Å². The van der Waals surface area contributed by atoms with Gasteiger partial charge in [-0.3, -0.25) is 9.48 Å². The van der Waals surface area contributed by atoms with Gasteiger partial charge in [-0.25, -0.2) is 0 Å². The van der Waals surface area contributed by atoms with Gasteiger partial charge in [0.25, 0.3) is 0 Å². The fraction of sp³-hybridized carbons (Fsp3) is 0.333. The van der Waals surface area contributed by atoms with Gasteiger partial charge in [-0.2, -0.15) is 5.10 Å². The average molecular weight is 234 g/mol. The molecule has 0 spiro atoms. The Morgan fingerprint density at radius 2 is 2.12 bits per heavy atom. The van der Waals surface area contributed by atoms with Crippen LogP contribution in [0.25, 0.3) is 10.9 Å². The van der Waals surface area contributed by atoms with Gasteiger partial charge in [0, 0.05) is 5.39 Å². The minimum atomic E-state index is -0.914. The van der Waals surface area contributed by atoms with Crippen LogP contribution in [0.5, 0.6) is 0 Å². The van der Waals surface area contributed by atoms with Crippen LogP contribution >= 0.6 is 0 Å². The third kappa shape index (κ3) is 2.20. The van der Waals surface area contributed by atoms with Crippen LogP contribution in [0, 0.1) is 6.92 Å². The summed E-state index contributed by atoms with van der Waals surface area (Å²) in [5.41, 5.74) is 1.05. The van der Waals surface area contributed by atoms with E-state index >= 15 is 0 Å². The summed E-state index contributed by atoms with van der Waals surface area (Å²) < 4.78 is 1.45. The van der Waals surface area contributed by atoms with Crippen LogP contribution in [0.4, 0.5) is 0 Å². The van der Waals surface area contributed by atoms with E-state index in [-0.39, 0.29) is 18.6 Å². The van der Waals surface area contributed by atoms with E-state index in [1.165, 1.54) is 10.7 Å². The molecular formula is C12H14N2O3. The largest absolute Gasteiger partial charge is 0.394 e. The van der Waals surface area contributed by atoms with Crippen LogP contribution in [0.15, 0.2) is 29.1 Å². The van der Waals surface area contributed by atoms with Crippen molar-refractivity contribution < 1.29 is 10.2 Å². The molecule has 0 amide bonds. The summed E-state index contributed by atoms with van der Waals surface area (Å²) in [5, 5.41) is 23.2. The Morgan fingerprint density at radius 1 is 1.41 bits per heavy atom. The van der Waals surface area contributed by atoms with Crippen molar-refractivity contribution in [3.05, 3.63) is 40.2 Å². The van der Waals surface area contributed by atoms with Crippen molar-refractivity contribution in [3.63, 3.8) is 0 Å². The van der Waals surface area contributed by atoms with Crippen molar-refractivity contribution in [2.75, 3.05) is 6.61 Å². The van der Waals surface area contributed by atoms with E-state index in [0.29, 0.717) is 5.52 Å². The molecule has 0 radical (unpaired) electrons. The van der Waals surface area contributed by atoms with Crippen molar-refractivity contribution >= 4 is 10.9 Å². The zero-order valence-electron chi connectivity index (χ0n) is 9.50. The van der Waals surface area contributed by atoms with Gasteiger partial charge in [0.2, 0.25) is 5.43 Å². The molecular weight excluding hydrogens is 220 g/mol. The molecule has 0 saturated heterocycles. The quantitative estimate of drug-likeness (QED) is 0.787. The first-order valence-corrected chi connectivity index (χ1v) is 5.39. The second kappa shape index (κ2) is 4.65. The highest BCUT2D eigenvalue weighted by Gasteiger charge is 2.12. The van der Waals surface area contributed by atoms with Crippen LogP contribution < -0.4 is 5.43 Å². The number of hydrogen-bond acceptors (Lipinski definition) is 4. The molecule has 0 fully saturated rings. The first kappa shape index (κ1) is 11.8. The first-order chi connectivity index (χ1) is 8.13. The van der Waals surface area contributed by atoms with E-state index < -0.39 is 6.10 Å². The fourth-order valence-electron chi connectivity index (χ4n) is 1.82. The Bertz CT molecular complexity index is 592. The molecule has 2 rings (SSSR count). The summed E-state index contributed by atoms with van der Waals surface area (Å²) in [7, 11) is 0. The minimum absolute atomic E-state index is 0.111. The molecule has 1 atom stereocenters. The Hall–Kier alpha value is -1.72. The molecule has 0 aliphatic heterocycles. The van der Waals surface area contributed by atoms with Crippen LogP contribution in [0.2, 0.25) is 0 Å². The molecule has 1 heterocycles. The van der Waals surface area contributed by atoms with Crippen molar-refractivity contribution in [1.29, 1.82) is 0 Å². The van der Waals surface area contributed by atoms with E-state index in [4.69, 9.17) is 5.11 Å². The summed E-state index contributed by atoms with van der Waals surface area (Å²) in [6.45, 7) is 1.57. The highest BCUT2D eigenvalue weighted by molar-refractivity contribution is 5.80. The number of nitrogens with zero attached hydrogens (tertiary/aromatic N) is 2. The normalized spacial score (nSPS) is 12.9. The van der Waals surface area contributed by atoms with Gasteiger partial charge in [-0.1, -0.05) is 18.2 Å². The second-order valence-electron chi connectivity index (χ2n) is 3.95. The zero-order chi connectivity index (χ0) is 12.4. The molecule has 5 nitrogen and oxygen atoms in total. The predicted molar refractivity (Wildman–Crippen MR) is 63.8 cm³/mol. The SMILES string of the molecule is Cc1nn(CC(O)CO)c2c(=O)ccccc12. The molecule has 90 valence electrons. The van der Waals surface area contributed by atoms with Crippen LogP contribution in [0.3, 0.4) is 0 Å². The number of aromatic nitrogens is 2. The Morgan fingerprint density at radius 3 is 2.82 bits per heavy atom.